The van der Waals surface area contributed by atoms with E-state index in [1.54, 1.807) is 18.6 Å². The van der Waals surface area contributed by atoms with Crippen LogP contribution < -0.4 is 9.64 Å². The Labute approximate surface area is 141 Å². The van der Waals surface area contributed by atoms with Crippen LogP contribution in [0.5, 0.6) is 5.88 Å². The molecular weight excluding hydrogens is 300 g/mol. The number of benzene rings is 1. The largest absolute Gasteiger partial charge is 0.476 e. The van der Waals surface area contributed by atoms with Gasteiger partial charge in [-0.2, -0.15) is 0 Å². The maximum Gasteiger partial charge on any atom is 0.232 e. The van der Waals surface area contributed by atoms with E-state index in [4.69, 9.17) is 4.74 Å². The van der Waals surface area contributed by atoms with Gasteiger partial charge < -0.3 is 9.64 Å². The summed E-state index contributed by atoms with van der Waals surface area (Å²) in [7, 11) is 0. The van der Waals surface area contributed by atoms with Gasteiger partial charge in [0.25, 0.3) is 0 Å². The molecule has 1 aliphatic rings. The van der Waals surface area contributed by atoms with Gasteiger partial charge in [-0.05, 0) is 25.0 Å². The molecule has 1 aliphatic heterocycles. The fourth-order valence-electron chi connectivity index (χ4n) is 3.34. The molecule has 0 amide bonds. The first-order valence-electron chi connectivity index (χ1n) is 8.37. The normalized spacial score (nSPS) is 17.8. The van der Waals surface area contributed by atoms with Crippen LogP contribution in [-0.4, -0.2) is 34.6 Å². The van der Waals surface area contributed by atoms with Gasteiger partial charge in [0.2, 0.25) is 5.88 Å². The third kappa shape index (κ3) is 3.15. The van der Waals surface area contributed by atoms with Crippen LogP contribution in [0.3, 0.4) is 0 Å². The Morgan fingerprint density at radius 2 is 2.04 bits per heavy atom. The Morgan fingerprint density at radius 3 is 2.96 bits per heavy atom. The van der Waals surface area contributed by atoms with Gasteiger partial charge in [0.15, 0.2) is 0 Å². The minimum absolute atomic E-state index is 0.493. The molecule has 24 heavy (non-hydrogen) atoms. The molecule has 5 nitrogen and oxygen atoms in total. The first kappa shape index (κ1) is 14.9. The number of piperidine rings is 1. The number of aromatic nitrogens is 3. The second kappa shape index (κ2) is 6.83. The summed E-state index contributed by atoms with van der Waals surface area (Å²) < 4.78 is 5.80. The van der Waals surface area contributed by atoms with Gasteiger partial charge in [0.1, 0.15) is 0 Å². The van der Waals surface area contributed by atoms with Gasteiger partial charge in [-0.15, -0.1) is 0 Å². The van der Waals surface area contributed by atoms with E-state index in [2.05, 4.69) is 44.1 Å². The highest BCUT2D eigenvalue weighted by atomic mass is 16.5. The number of fused-ring (bicyclic) bond motifs is 1. The third-order valence-corrected chi connectivity index (χ3v) is 4.49. The summed E-state index contributed by atoms with van der Waals surface area (Å²) in [6.45, 7) is 2.75. The Bertz CT molecular complexity index is 803. The zero-order chi connectivity index (χ0) is 16.2. The van der Waals surface area contributed by atoms with Crippen LogP contribution in [0.15, 0.2) is 55.1 Å². The third-order valence-electron chi connectivity index (χ3n) is 4.49. The van der Waals surface area contributed by atoms with Crippen molar-refractivity contribution in [3.05, 3.63) is 55.1 Å². The first-order valence-corrected chi connectivity index (χ1v) is 8.37. The Morgan fingerprint density at radius 1 is 1.08 bits per heavy atom. The average molecular weight is 320 g/mol. The maximum atomic E-state index is 5.80. The van der Waals surface area contributed by atoms with Crippen LogP contribution in [0.4, 0.5) is 5.69 Å². The number of nitrogens with zero attached hydrogens (tertiary/aromatic N) is 4. The quantitative estimate of drug-likeness (QED) is 0.738. The van der Waals surface area contributed by atoms with E-state index in [1.165, 1.54) is 23.9 Å². The highest BCUT2D eigenvalue weighted by Gasteiger charge is 2.22. The van der Waals surface area contributed by atoms with Crippen molar-refractivity contribution < 1.29 is 4.74 Å². The van der Waals surface area contributed by atoms with Crippen molar-refractivity contribution in [3.63, 3.8) is 0 Å². The molecule has 122 valence electrons. The van der Waals surface area contributed by atoms with Gasteiger partial charge in [-0.25, -0.2) is 4.98 Å². The van der Waals surface area contributed by atoms with Gasteiger partial charge in [0, 0.05) is 48.7 Å². The zero-order valence-corrected chi connectivity index (χ0v) is 13.5. The van der Waals surface area contributed by atoms with E-state index in [1.807, 2.05) is 12.3 Å². The molecule has 1 unspecified atom stereocenters. The van der Waals surface area contributed by atoms with Crippen molar-refractivity contribution >= 4 is 16.6 Å². The van der Waals surface area contributed by atoms with Crippen LogP contribution in [0.2, 0.25) is 0 Å². The molecule has 1 fully saturated rings. The van der Waals surface area contributed by atoms with Crippen molar-refractivity contribution in [2.24, 2.45) is 5.92 Å². The highest BCUT2D eigenvalue weighted by molar-refractivity contribution is 5.91. The summed E-state index contributed by atoms with van der Waals surface area (Å²) in [5, 5.41) is 1.22. The molecule has 1 aromatic carbocycles. The molecule has 0 saturated carbocycles. The summed E-state index contributed by atoms with van der Waals surface area (Å²) in [4.78, 5) is 15.1. The lowest BCUT2D eigenvalue weighted by Gasteiger charge is -2.34. The zero-order valence-electron chi connectivity index (χ0n) is 13.5. The van der Waals surface area contributed by atoms with Crippen molar-refractivity contribution in [1.82, 2.24) is 15.0 Å². The van der Waals surface area contributed by atoms with E-state index in [0.29, 0.717) is 18.4 Å². The molecule has 0 N–H and O–H groups in total. The predicted molar refractivity (Wildman–Crippen MR) is 94.2 cm³/mol. The molecular formula is C19H20N4O. The molecule has 0 aliphatic carbocycles. The molecule has 3 heterocycles. The van der Waals surface area contributed by atoms with Crippen molar-refractivity contribution in [2.75, 3.05) is 24.6 Å². The van der Waals surface area contributed by atoms with Crippen LogP contribution >= 0.6 is 0 Å². The fraction of sp³-hybridized carbons (Fsp3) is 0.316. The van der Waals surface area contributed by atoms with Gasteiger partial charge in [-0.1, -0.05) is 18.2 Å². The van der Waals surface area contributed by atoms with E-state index >= 15 is 0 Å². The number of anilines is 1. The number of para-hydroxylation sites is 1. The molecule has 2 aromatic heterocycles. The predicted octanol–water partition coefficient (Wildman–Crippen LogP) is 3.32. The molecule has 4 rings (SSSR count). The SMILES string of the molecule is c1ccc2c(N3CCCC(COc4cnccn4)C3)ccnc2c1. The lowest BCUT2D eigenvalue weighted by molar-refractivity contribution is 0.221. The standard InChI is InChI=1S/C19H20N4O/c1-2-6-17-16(5-1)18(7-8-21-17)23-11-3-4-15(13-23)14-24-19-12-20-9-10-22-19/h1-2,5-10,12,15H,3-4,11,13-14H2. The maximum absolute atomic E-state index is 5.80. The van der Waals surface area contributed by atoms with Crippen LogP contribution in [0.1, 0.15) is 12.8 Å². The molecule has 0 bridgehead atoms. The summed E-state index contributed by atoms with van der Waals surface area (Å²) >= 11 is 0. The van der Waals surface area contributed by atoms with Crippen molar-refractivity contribution in [3.8, 4) is 5.88 Å². The summed E-state index contributed by atoms with van der Waals surface area (Å²) in [6, 6.07) is 10.4. The van der Waals surface area contributed by atoms with E-state index < -0.39 is 0 Å². The monoisotopic (exact) mass is 320 g/mol. The Balaban J connectivity index is 1.48. The number of pyridine rings is 1. The lowest BCUT2D eigenvalue weighted by Crippen LogP contribution is -2.37. The van der Waals surface area contributed by atoms with Crippen molar-refractivity contribution in [1.29, 1.82) is 0 Å². The molecule has 3 aromatic rings. The second-order valence-corrected chi connectivity index (χ2v) is 6.16. The number of hydrogen-bond donors (Lipinski definition) is 0. The lowest BCUT2D eigenvalue weighted by atomic mass is 9.98. The summed E-state index contributed by atoms with van der Waals surface area (Å²) in [5.41, 5.74) is 2.32. The minimum Gasteiger partial charge on any atom is -0.476 e. The average Bonchev–Trinajstić information content (AvgIpc) is 2.67. The smallest absolute Gasteiger partial charge is 0.232 e. The molecule has 0 spiro atoms. The fourth-order valence-corrected chi connectivity index (χ4v) is 3.34. The van der Waals surface area contributed by atoms with E-state index in [9.17, 15) is 0 Å². The van der Waals surface area contributed by atoms with Crippen LogP contribution in [-0.2, 0) is 0 Å². The number of hydrogen-bond acceptors (Lipinski definition) is 5. The Kier molecular flexibility index (Phi) is 4.23. The highest BCUT2D eigenvalue weighted by Crippen LogP contribution is 2.29. The van der Waals surface area contributed by atoms with Crippen LogP contribution in [0.25, 0.3) is 10.9 Å². The first-order chi connectivity index (χ1) is 11.9. The molecule has 5 heteroatoms. The van der Waals surface area contributed by atoms with Gasteiger partial charge >= 0.3 is 0 Å². The van der Waals surface area contributed by atoms with Crippen molar-refractivity contribution in [2.45, 2.75) is 12.8 Å². The Hall–Kier alpha value is -2.69. The van der Waals surface area contributed by atoms with Crippen LogP contribution in [0, 0.1) is 5.92 Å². The summed E-state index contributed by atoms with van der Waals surface area (Å²) in [5.74, 6) is 1.09. The van der Waals surface area contributed by atoms with Gasteiger partial charge in [0.05, 0.1) is 18.3 Å². The van der Waals surface area contributed by atoms with Gasteiger partial charge in [-0.3, -0.25) is 9.97 Å². The topological polar surface area (TPSA) is 51.1 Å². The van der Waals surface area contributed by atoms with E-state index in [-0.39, 0.29) is 0 Å². The minimum atomic E-state index is 0.493. The molecule has 1 saturated heterocycles. The van der Waals surface area contributed by atoms with E-state index in [0.717, 1.165) is 18.6 Å². The number of ether oxygens (including phenoxy) is 1. The second-order valence-electron chi connectivity index (χ2n) is 6.16. The molecule has 1 atom stereocenters. The number of rotatable bonds is 4. The summed E-state index contributed by atoms with van der Waals surface area (Å²) in [6.07, 6.45) is 9.23. The molecule has 0 radical (unpaired) electrons.